The van der Waals surface area contributed by atoms with Crippen LogP contribution in [0.25, 0.3) is 85.5 Å². The van der Waals surface area contributed by atoms with Crippen molar-refractivity contribution in [1.29, 1.82) is 0 Å². The summed E-state index contributed by atoms with van der Waals surface area (Å²) in [6.07, 6.45) is 0. The first-order valence-corrected chi connectivity index (χ1v) is 19.3. The van der Waals surface area contributed by atoms with Crippen molar-refractivity contribution in [2.45, 2.75) is 0 Å². The Morgan fingerprint density at radius 2 is 0.741 bits per heavy atom. The third-order valence-electron chi connectivity index (χ3n) is 11.0. The van der Waals surface area contributed by atoms with E-state index >= 15 is 0 Å². The van der Waals surface area contributed by atoms with Crippen LogP contribution in [0.4, 0.5) is 17.1 Å². The molecule has 0 spiro atoms. The SMILES string of the molecule is c1ccc(-c2cccc3c2sc2c(-c4ccc(N(c5ccc6c(ccc7ccccc76)c5)c5ccc6ccc7ccccc7c6c5)cc4)cccc23)cc1. The molecule has 10 aromatic carbocycles. The highest BCUT2D eigenvalue weighted by molar-refractivity contribution is 7.26. The summed E-state index contributed by atoms with van der Waals surface area (Å²) >= 11 is 1.90. The molecule has 1 nitrogen and oxygen atoms in total. The van der Waals surface area contributed by atoms with E-state index in [0.717, 1.165) is 17.1 Å². The molecule has 252 valence electrons. The lowest BCUT2D eigenvalue weighted by molar-refractivity contribution is 1.30. The maximum absolute atomic E-state index is 2.41. The summed E-state index contributed by atoms with van der Waals surface area (Å²) in [5.41, 5.74) is 8.40. The Hall–Kier alpha value is -6.74. The molecule has 0 radical (unpaired) electrons. The van der Waals surface area contributed by atoms with E-state index in [-0.39, 0.29) is 0 Å². The highest BCUT2D eigenvalue weighted by Crippen LogP contribution is 2.45. The van der Waals surface area contributed by atoms with Gasteiger partial charge in [-0.1, -0.05) is 164 Å². The number of nitrogens with zero attached hydrogens (tertiary/aromatic N) is 1. The third-order valence-corrected chi connectivity index (χ3v) is 12.3. The average molecular weight is 704 g/mol. The standard InChI is InChI=1S/C52H33NS/c1-2-10-34(11-3-1)46-16-8-18-48-49-19-9-17-47(52(49)54-51(46)48)37-24-27-40(28-25-37)53(41-30-31-45-39(32-41)23-22-35-12-4-6-14-43(35)45)42-29-26-38-21-20-36-13-5-7-15-44(36)50(38)33-42/h1-33H. The number of hydrogen-bond acceptors (Lipinski definition) is 2. The largest absolute Gasteiger partial charge is 0.310 e. The molecule has 0 amide bonds. The summed E-state index contributed by atoms with van der Waals surface area (Å²) in [6.45, 7) is 0. The number of fused-ring (bicyclic) bond motifs is 9. The van der Waals surface area contributed by atoms with Gasteiger partial charge in [-0.05, 0) is 102 Å². The van der Waals surface area contributed by atoms with Gasteiger partial charge in [-0.25, -0.2) is 0 Å². The van der Waals surface area contributed by atoms with E-state index in [1.165, 1.54) is 85.5 Å². The smallest absolute Gasteiger partial charge is 0.0468 e. The summed E-state index contributed by atoms with van der Waals surface area (Å²) in [6, 6.07) is 73.5. The zero-order valence-electron chi connectivity index (χ0n) is 29.4. The molecule has 0 fully saturated rings. The van der Waals surface area contributed by atoms with E-state index in [0.29, 0.717) is 0 Å². The van der Waals surface area contributed by atoms with Crippen molar-refractivity contribution in [3.63, 3.8) is 0 Å². The number of thiophene rings is 1. The molecule has 0 bridgehead atoms. The number of hydrogen-bond donors (Lipinski definition) is 0. The molecule has 0 aliphatic heterocycles. The molecule has 2 heteroatoms. The monoisotopic (exact) mass is 703 g/mol. The minimum Gasteiger partial charge on any atom is -0.310 e. The fraction of sp³-hybridized carbons (Fsp3) is 0. The van der Waals surface area contributed by atoms with Gasteiger partial charge in [0.25, 0.3) is 0 Å². The number of rotatable bonds is 5. The molecule has 0 saturated carbocycles. The van der Waals surface area contributed by atoms with Gasteiger partial charge < -0.3 is 4.90 Å². The third kappa shape index (κ3) is 4.99. The topological polar surface area (TPSA) is 3.24 Å². The summed E-state index contributed by atoms with van der Waals surface area (Å²) in [5.74, 6) is 0. The fourth-order valence-corrected chi connectivity index (χ4v) is 9.77. The molecule has 0 aliphatic carbocycles. The lowest BCUT2D eigenvalue weighted by Crippen LogP contribution is -2.10. The van der Waals surface area contributed by atoms with Gasteiger partial charge in [-0.15, -0.1) is 11.3 Å². The van der Waals surface area contributed by atoms with Gasteiger partial charge >= 0.3 is 0 Å². The van der Waals surface area contributed by atoms with Crippen molar-refractivity contribution < 1.29 is 0 Å². The minimum atomic E-state index is 1.12. The average Bonchev–Trinajstić information content (AvgIpc) is 3.63. The fourth-order valence-electron chi connectivity index (χ4n) is 8.40. The zero-order chi connectivity index (χ0) is 35.6. The van der Waals surface area contributed by atoms with Crippen molar-refractivity contribution in [3.8, 4) is 22.3 Å². The Morgan fingerprint density at radius 3 is 1.43 bits per heavy atom. The molecule has 0 saturated heterocycles. The van der Waals surface area contributed by atoms with E-state index in [1.54, 1.807) is 0 Å². The first kappa shape index (κ1) is 30.8. The molecule has 11 aromatic rings. The van der Waals surface area contributed by atoms with E-state index < -0.39 is 0 Å². The molecule has 1 heterocycles. The molecule has 0 N–H and O–H groups in total. The lowest BCUT2D eigenvalue weighted by Gasteiger charge is -2.27. The Bertz CT molecular complexity index is 3210. The van der Waals surface area contributed by atoms with Crippen molar-refractivity contribution in [1.82, 2.24) is 0 Å². The second-order valence-electron chi connectivity index (χ2n) is 14.1. The highest BCUT2D eigenvalue weighted by Gasteiger charge is 2.17. The predicted molar refractivity (Wildman–Crippen MR) is 235 cm³/mol. The van der Waals surface area contributed by atoms with Gasteiger partial charge in [0, 0.05) is 37.2 Å². The molecule has 11 rings (SSSR count). The molecule has 0 aliphatic rings. The van der Waals surface area contributed by atoms with Crippen LogP contribution in [0.1, 0.15) is 0 Å². The van der Waals surface area contributed by atoms with Crippen LogP contribution < -0.4 is 4.90 Å². The Morgan fingerprint density at radius 1 is 0.278 bits per heavy atom. The quantitative estimate of drug-likeness (QED) is 0.161. The maximum Gasteiger partial charge on any atom is 0.0468 e. The van der Waals surface area contributed by atoms with Crippen LogP contribution in [0.15, 0.2) is 200 Å². The van der Waals surface area contributed by atoms with Crippen LogP contribution in [-0.4, -0.2) is 0 Å². The van der Waals surface area contributed by atoms with Crippen LogP contribution in [0.3, 0.4) is 0 Å². The number of benzene rings is 10. The van der Waals surface area contributed by atoms with Crippen LogP contribution in [0.5, 0.6) is 0 Å². The highest BCUT2D eigenvalue weighted by atomic mass is 32.1. The van der Waals surface area contributed by atoms with E-state index in [2.05, 4.69) is 205 Å². The van der Waals surface area contributed by atoms with Gasteiger partial charge in [0.05, 0.1) is 0 Å². The van der Waals surface area contributed by atoms with Crippen LogP contribution >= 0.6 is 11.3 Å². The van der Waals surface area contributed by atoms with Gasteiger partial charge in [0.15, 0.2) is 0 Å². The minimum absolute atomic E-state index is 1.12. The van der Waals surface area contributed by atoms with E-state index in [1.807, 2.05) is 11.3 Å². The maximum atomic E-state index is 2.41. The van der Waals surface area contributed by atoms with E-state index in [9.17, 15) is 0 Å². The first-order chi connectivity index (χ1) is 26.8. The zero-order valence-corrected chi connectivity index (χ0v) is 30.2. The molecule has 0 atom stereocenters. The van der Waals surface area contributed by atoms with Crippen LogP contribution in [-0.2, 0) is 0 Å². The molecule has 0 unspecified atom stereocenters. The Labute approximate surface area is 317 Å². The molecular formula is C52H33NS. The van der Waals surface area contributed by atoms with Crippen molar-refractivity contribution >= 4 is 91.7 Å². The first-order valence-electron chi connectivity index (χ1n) is 18.5. The van der Waals surface area contributed by atoms with Crippen LogP contribution in [0, 0.1) is 0 Å². The van der Waals surface area contributed by atoms with Crippen molar-refractivity contribution in [3.05, 3.63) is 200 Å². The Balaban J connectivity index is 1.07. The second kappa shape index (κ2) is 12.4. The molecular weight excluding hydrogens is 671 g/mol. The van der Waals surface area contributed by atoms with Crippen molar-refractivity contribution in [2.24, 2.45) is 0 Å². The molecule has 54 heavy (non-hydrogen) atoms. The lowest BCUT2D eigenvalue weighted by atomic mass is 9.99. The predicted octanol–water partition coefficient (Wildman–Crippen LogP) is 15.5. The second-order valence-corrected chi connectivity index (χ2v) is 15.1. The van der Waals surface area contributed by atoms with Gasteiger partial charge in [-0.2, -0.15) is 0 Å². The van der Waals surface area contributed by atoms with Gasteiger partial charge in [0.2, 0.25) is 0 Å². The number of anilines is 3. The normalized spacial score (nSPS) is 11.7. The van der Waals surface area contributed by atoms with Gasteiger partial charge in [-0.3, -0.25) is 0 Å². The van der Waals surface area contributed by atoms with Gasteiger partial charge in [0.1, 0.15) is 0 Å². The Kier molecular flexibility index (Phi) is 7.11. The molecule has 1 aromatic heterocycles. The summed E-state index contributed by atoms with van der Waals surface area (Å²) in [4.78, 5) is 2.41. The summed E-state index contributed by atoms with van der Waals surface area (Å²) in [5, 5.41) is 12.7. The van der Waals surface area contributed by atoms with E-state index in [4.69, 9.17) is 0 Å². The summed E-state index contributed by atoms with van der Waals surface area (Å²) in [7, 11) is 0. The summed E-state index contributed by atoms with van der Waals surface area (Å²) < 4.78 is 2.66. The van der Waals surface area contributed by atoms with Crippen LogP contribution in [0.2, 0.25) is 0 Å². The van der Waals surface area contributed by atoms with Crippen molar-refractivity contribution in [2.75, 3.05) is 4.90 Å².